The van der Waals surface area contributed by atoms with Crippen molar-refractivity contribution in [1.29, 1.82) is 0 Å². The number of ether oxygens (including phenoxy) is 1. The zero-order valence-electron chi connectivity index (χ0n) is 15.5. The van der Waals surface area contributed by atoms with Gasteiger partial charge in [-0.1, -0.05) is 22.8 Å². The summed E-state index contributed by atoms with van der Waals surface area (Å²) in [5.41, 5.74) is 2.38. The van der Waals surface area contributed by atoms with Crippen molar-refractivity contribution in [2.45, 2.75) is 38.9 Å². The van der Waals surface area contributed by atoms with E-state index in [2.05, 4.69) is 9.88 Å². The van der Waals surface area contributed by atoms with Gasteiger partial charge in [-0.2, -0.15) is 0 Å². The number of esters is 1. The highest BCUT2D eigenvalue weighted by atomic mass is 35.5. The molecule has 0 saturated carbocycles. The zero-order chi connectivity index (χ0) is 19.5. The Bertz CT molecular complexity index is 827. The van der Waals surface area contributed by atoms with Crippen molar-refractivity contribution < 1.29 is 18.3 Å². The van der Waals surface area contributed by atoms with Crippen LogP contribution in [0.4, 0.5) is 0 Å². The lowest BCUT2D eigenvalue weighted by Crippen LogP contribution is -2.34. The summed E-state index contributed by atoms with van der Waals surface area (Å²) in [7, 11) is 0.144. The van der Waals surface area contributed by atoms with Crippen LogP contribution in [0.5, 0.6) is 0 Å². The maximum Gasteiger partial charge on any atom is 0.338 e. The van der Waals surface area contributed by atoms with Gasteiger partial charge in [0.15, 0.2) is 0 Å². The normalized spacial score (nSPS) is 12.8. The van der Waals surface area contributed by atoms with E-state index in [-0.39, 0.29) is 4.75 Å². The Balaban J connectivity index is 2.31. The molecule has 6 nitrogen and oxygen atoms in total. The second-order valence-electron chi connectivity index (χ2n) is 6.77. The average Bonchev–Trinajstić information content (AvgIpc) is 2.93. The molecule has 0 amide bonds. The fourth-order valence-electron chi connectivity index (χ4n) is 2.42. The molecular formula is C18H23ClN2O4S. The van der Waals surface area contributed by atoms with Gasteiger partial charge in [-0.3, -0.25) is 0 Å². The van der Waals surface area contributed by atoms with Gasteiger partial charge in [-0.05, 0) is 39.8 Å². The second kappa shape index (κ2) is 8.33. The number of nitrogens with one attached hydrogen (secondary N) is 1. The summed E-state index contributed by atoms with van der Waals surface area (Å²) in [6, 6.07) is 5.01. The molecule has 2 rings (SSSR count). The van der Waals surface area contributed by atoms with Crippen molar-refractivity contribution >= 4 is 28.6 Å². The number of aryl methyl sites for hydroxylation is 1. The zero-order valence-corrected chi connectivity index (χ0v) is 17.1. The number of benzene rings is 1. The van der Waals surface area contributed by atoms with Gasteiger partial charge in [0, 0.05) is 29.1 Å². The van der Waals surface area contributed by atoms with Gasteiger partial charge in [0.05, 0.1) is 34.1 Å². The summed E-state index contributed by atoms with van der Waals surface area (Å²) in [4.78, 5) is 12.1. The lowest BCUT2D eigenvalue weighted by atomic mass is 9.97. The number of rotatable bonds is 6. The van der Waals surface area contributed by atoms with Crippen LogP contribution in [0, 0.1) is 6.92 Å². The van der Waals surface area contributed by atoms with Gasteiger partial charge >= 0.3 is 5.97 Å². The van der Waals surface area contributed by atoms with Crippen LogP contribution in [-0.4, -0.2) is 33.7 Å². The van der Waals surface area contributed by atoms with E-state index in [0.717, 1.165) is 5.56 Å². The molecule has 1 aromatic carbocycles. The second-order valence-corrected chi connectivity index (χ2v) is 9.26. The molecule has 1 atom stereocenters. The minimum atomic E-state index is -1.18. The van der Waals surface area contributed by atoms with Gasteiger partial charge in [-0.25, -0.2) is 13.7 Å². The number of hydrogen-bond acceptors (Lipinski definition) is 5. The molecule has 0 saturated heterocycles. The molecule has 1 N–H and O–H groups in total. The van der Waals surface area contributed by atoms with E-state index in [1.807, 2.05) is 20.8 Å². The number of hydrogen-bond donors (Lipinski definition) is 1. The van der Waals surface area contributed by atoms with Crippen LogP contribution >= 0.6 is 11.6 Å². The summed E-state index contributed by atoms with van der Waals surface area (Å²) in [5.74, 6) is 0.120. The third-order valence-corrected chi connectivity index (χ3v) is 5.54. The predicted molar refractivity (Wildman–Crippen MR) is 103 cm³/mol. The Morgan fingerprint density at radius 2 is 2.08 bits per heavy atom. The number of carbonyl (C=O) groups excluding carboxylic acids is 1. The van der Waals surface area contributed by atoms with Crippen LogP contribution in [0.2, 0.25) is 5.02 Å². The Labute approximate surface area is 160 Å². The summed E-state index contributed by atoms with van der Waals surface area (Å²) in [6.07, 6.45) is 0.473. The smallest absolute Gasteiger partial charge is 0.338 e. The highest BCUT2D eigenvalue weighted by Gasteiger charge is 2.23. The van der Waals surface area contributed by atoms with E-state index in [1.54, 1.807) is 25.1 Å². The number of halogens is 1. The fraction of sp³-hybridized carbons (Fsp3) is 0.444. The van der Waals surface area contributed by atoms with E-state index < -0.39 is 17.0 Å². The molecule has 1 unspecified atom stereocenters. The molecular weight excluding hydrogens is 376 g/mol. The van der Waals surface area contributed by atoms with Crippen molar-refractivity contribution in [2.75, 3.05) is 13.7 Å². The molecule has 0 aliphatic heterocycles. The maximum atomic E-state index is 12.1. The third-order valence-electron chi connectivity index (χ3n) is 3.73. The molecule has 2 aromatic rings. The highest BCUT2D eigenvalue weighted by molar-refractivity contribution is 7.84. The molecule has 0 fully saturated rings. The quantitative estimate of drug-likeness (QED) is 0.750. The highest BCUT2D eigenvalue weighted by Crippen LogP contribution is 2.32. The molecule has 8 heteroatoms. The summed E-state index contributed by atoms with van der Waals surface area (Å²) >= 11 is 6.03. The van der Waals surface area contributed by atoms with E-state index in [4.69, 9.17) is 20.9 Å². The Kier molecular flexibility index (Phi) is 6.60. The molecule has 0 aliphatic carbocycles. The molecule has 0 aliphatic rings. The topological polar surface area (TPSA) is 81.4 Å². The van der Waals surface area contributed by atoms with Gasteiger partial charge in [0.25, 0.3) is 0 Å². The van der Waals surface area contributed by atoms with E-state index in [0.29, 0.717) is 40.6 Å². The lowest BCUT2D eigenvalue weighted by Gasteiger charge is -2.17. The van der Waals surface area contributed by atoms with Crippen LogP contribution in [0.15, 0.2) is 22.7 Å². The van der Waals surface area contributed by atoms with Crippen LogP contribution < -0.4 is 4.72 Å². The maximum absolute atomic E-state index is 12.1. The number of methoxy groups -OCH3 is 1. The molecule has 26 heavy (non-hydrogen) atoms. The molecule has 0 radical (unpaired) electrons. The van der Waals surface area contributed by atoms with Crippen molar-refractivity contribution in [3.8, 4) is 11.1 Å². The first kappa shape index (κ1) is 20.6. The summed E-state index contributed by atoms with van der Waals surface area (Å²) in [5, 5.41) is 4.46. The van der Waals surface area contributed by atoms with Crippen molar-refractivity contribution in [3.63, 3.8) is 0 Å². The molecule has 1 aromatic heterocycles. The first-order valence-electron chi connectivity index (χ1n) is 8.14. The number of aromatic nitrogens is 1. The Morgan fingerprint density at radius 1 is 1.38 bits per heavy atom. The van der Waals surface area contributed by atoms with Crippen molar-refractivity contribution in [1.82, 2.24) is 9.88 Å². The van der Waals surface area contributed by atoms with Gasteiger partial charge in [0.2, 0.25) is 0 Å². The van der Waals surface area contributed by atoms with Crippen LogP contribution in [-0.2, 0) is 22.1 Å². The minimum Gasteiger partial charge on any atom is -0.465 e. The number of nitrogens with zero attached hydrogens (tertiary/aromatic N) is 1. The first-order chi connectivity index (χ1) is 12.1. The lowest BCUT2D eigenvalue weighted by molar-refractivity contribution is 0.0601. The Hall–Kier alpha value is -1.70. The summed E-state index contributed by atoms with van der Waals surface area (Å²) < 4.78 is 25.0. The minimum absolute atomic E-state index is 0.346. The fourth-order valence-corrected chi connectivity index (χ4v) is 3.31. The Morgan fingerprint density at radius 3 is 2.69 bits per heavy atom. The number of carbonyl (C=O) groups is 1. The van der Waals surface area contributed by atoms with Crippen LogP contribution in [0.25, 0.3) is 11.1 Å². The monoisotopic (exact) mass is 398 g/mol. The van der Waals surface area contributed by atoms with Crippen LogP contribution in [0.1, 0.15) is 42.6 Å². The van der Waals surface area contributed by atoms with Crippen LogP contribution in [0.3, 0.4) is 0 Å². The standard InChI is InChI=1S/C18H23ClN2O4S/c1-11-16(13-7-6-12(19)10-14(13)17(22)24-5)15(25-21-11)8-9-20-26(23)18(2,3)4/h6-7,10,20H,8-9H2,1-5H3. The van der Waals surface area contributed by atoms with Gasteiger partial charge in [-0.15, -0.1) is 0 Å². The average molecular weight is 399 g/mol. The predicted octanol–water partition coefficient (Wildman–Crippen LogP) is 3.68. The van der Waals surface area contributed by atoms with Gasteiger partial charge < -0.3 is 9.26 Å². The van der Waals surface area contributed by atoms with Crippen molar-refractivity contribution in [2.24, 2.45) is 0 Å². The molecule has 0 bridgehead atoms. The SMILES string of the molecule is COC(=O)c1cc(Cl)ccc1-c1c(C)noc1CCNS(=O)C(C)(C)C. The molecule has 1 heterocycles. The van der Waals surface area contributed by atoms with E-state index in [9.17, 15) is 9.00 Å². The molecule has 0 spiro atoms. The van der Waals surface area contributed by atoms with E-state index >= 15 is 0 Å². The summed E-state index contributed by atoms with van der Waals surface area (Å²) in [6.45, 7) is 7.95. The van der Waals surface area contributed by atoms with E-state index in [1.165, 1.54) is 7.11 Å². The third kappa shape index (κ3) is 4.72. The molecule has 142 valence electrons. The first-order valence-corrected chi connectivity index (χ1v) is 9.66. The van der Waals surface area contributed by atoms with Crippen molar-refractivity contribution in [3.05, 3.63) is 40.2 Å². The van der Waals surface area contributed by atoms with Gasteiger partial charge in [0.1, 0.15) is 5.76 Å². The largest absolute Gasteiger partial charge is 0.465 e.